The van der Waals surface area contributed by atoms with Gasteiger partial charge in [0.15, 0.2) is 0 Å². The molecule has 4 nitrogen and oxygen atoms in total. The Morgan fingerprint density at radius 2 is 2.18 bits per heavy atom. The van der Waals surface area contributed by atoms with Gasteiger partial charge in [0.2, 0.25) is 0 Å². The highest BCUT2D eigenvalue weighted by atomic mass is 16.5. The summed E-state index contributed by atoms with van der Waals surface area (Å²) < 4.78 is 5.37. The maximum Gasteiger partial charge on any atom is 0.0545 e. The number of rotatable bonds is 4. The Kier molecular flexibility index (Phi) is 4.34. The normalized spacial score (nSPS) is 17.5. The molecule has 1 aromatic heterocycles. The minimum atomic E-state index is 0.723. The van der Waals surface area contributed by atoms with E-state index >= 15 is 0 Å². The van der Waals surface area contributed by atoms with Crippen LogP contribution in [0.5, 0.6) is 0 Å². The minimum absolute atomic E-state index is 0.723. The van der Waals surface area contributed by atoms with Crippen molar-refractivity contribution < 1.29 is 4.74 Å². The van der Waals surface area contributed by atoms with Gasteiger partial charge < -0.3 is 15.4 Å². The second-order valence-corrected chi connectivity index (χ2v) is 4.84. The standard InChI is InChI=1S/C13H21N3O/c1-16(9-11-4-6-17-7-5-11)10-13-3-2-12(14)8-15-13/h2-3,8,11H,4-7,9-10,14H2,1H3. The van der Waals surface area contributed by atoms with Gasteiger partial charge in [-0.15, -0.1) is 0 Å². The molecule has 0 atom stereocenters. The van der Waals surface area contributed by atoms with Crippen LogP contribution in [-0.2, 0) is 11.3 Å². The maximum atomic E-state index is 5.62. The molecule has 2 rings (SSSR count). The summed E-state index contributed by atoms with van der Waals surface area (Å²) in [5.74, 6) is 0.766. The third-order valence-corrected chi connectivity index (χ3v) is 3.19. The summed E-state index contributed by atoms with van der Waals surface area (Å²) in [6.45, 7) is 3.84. The topological polar surface area (TPSA) is 51.4 Å². The molecule has 0 aliphatic carbocycles. The highest BCUT2D eigenvalue weighted by Crippen LogP contribution is 2.16. The molecule has 2 N–H and O–H groups in total. The fraction of sp³-hybridized carbons (Fsp3) is 0.615. The van der Waals surface area contributed by atoms with Gasteiger partial charge in [0, 0.05) is 26.3 Å². The van der Waals surface area contributed by atoms with E-state index in [4.69, 9.17) is 10.5 Å². The first-order valence-corrected chi connectivity index (χ1v) is 6.21. The van der Waals surface area contributed by atoms with Gasteiger partial charge in [0.05, 0.1) is 17.6 Å². The van der Waals surface area contributed by atoms with Crippen molar-refractivity contribution in [3.63, 3.8) is 0 Å². The van der Waals surface area contributed by atoms with Crippen molar-refractivity contribution in [2.24, 2.45) is 5.92 Å². The molecule has 4 heteroatoms. The average Bonchev–Trinajstić information content (AvgIpc) is 2.33. The van der Waals surface area contributed by atoms with Crippen molar-refractivity contribution in [2.75, 3.05) is 32.5 Å². The quantitative estimate of drug-likeness (QED) is 0.859. The van der Waals surface area contributed by atoms with E-state index in [-0.39, 0.29) is 0 Å². The summed E-state index contributed by atoms with van der Waals surface area (Å²) in [6, 6.07) is 3.90. The molecule has 1 fully saturated rings. The summed E-state index contributed by atoms with van der Waals surface area (Å²) in [5, 5.41) is 0. The van der Waals surface area contributed by atoms with Gasteiger partial charge in [-0.05, 0) is 37.9 Å². The number of hydrogen-bond acceptors (Lipinski definition) is 4. The SMILES string of the molecule is CN(Cc1ccc(N)cn1)CC1CCOCC1. The monoisotopic (exact) mass is 235 g/mol. The lowest BCUT2D eigenvalue weighted by Gasteiger charge is -2.26. The third-order valence-electron chi connectivity index (χ3n) is 3.19. The zero-order valence-electron chi connectivity index (χ0n) is 10.4. The van der Waals surface area contributed by atoms with Gasteiger partial charge in [-0.2, -0.15) is 0 Å². The van der Waals surface area contributed by atoms with Crippen LogP contribution in [0.2, 0.25) is 0 Å². The summed E-state index contributed by atoms with van der Waals surface area (Å²) in [7, 11) is 2.15. The molecule has 1 aromatic rings. The van der Waals surface area contributed by atoms with Crippen LogP contribution in [0.4, 0.5) is 5.69 Å². The second-order valence-electron chi connectivity index (χ2n) is 4.84. The molecule has 0 saturated carbocycles. The fourth-order valence-corrected chi connectivity index (χ4v) is 2.24. The number of anilines is 1. The molecule has 0 unspecified atom stereocenters. The minimum Gasteiger partial charge on any atom is -0.397 e. The molecule has 17 heavy (non-hydrogen) atoms. The highest BCUT2D eigenvalue weighted by molar-refractivity contribution is 5.34. The predicted molar refractivity (Wildman–Crippen MR) is 68.5 cm³/mol. The van der Waals surface area contributed by atoms with E-state index in [0.717, 1.165) is 43.6 Å². The Labute approximate surface area is 103 Å². The number of nitrogen functional groups attached to an aromatic ring is 1. The van der Waals surface area contributed by atoms with Crippen molar-refractivity contribution in [1.29, 1.82) is 0 Å². The lowest BCUT2D eigenvalue weighted by Crippen LogP contribution is -2.29. The summed E-state index contributed by atoms with van der Waals surface area (Å²) in [6.07, 6.45) is 4.08. The number of aromatic nitrogens is 1. The fourth-order valence-electron chi connectivity index (χ4n) is 2.24. The number of nitrogens with two attached hydrogens (primary N) is 1. The molecular weight excluding hydrogens is 214 g/mol. The molecule has 0 spiro atoms. The van der Waals surface area contributed by atoms with Crippen molar-refractivity contribution >= 4 is 5.69 Å². The Morgan fingerprint density at radius 1 is 1.41 bits per heavy atom. The molecular formula is C13H21N3O. The zero-order chi connectivity index (χ0) is 12.1. The average molecular weight is 235 g/mol. The van der Waals surface area contributed by atoms with Gasteiger partial charge in [-0.25, -0.2) is 0 Å². The van der Waals surface area contributed by atoms with Gasteiger partial charge >= 0.3 is 0 Å². The molecule has 1 aliphatic heterocycles. The first-order valence-electron chi connectivity index (χ1n) is 6.21. The Morgan fingerprint density at radius 3 is 2.82 bits per heavy atom. The van der Waals surface area contributed by atoms with E-state index in [1.54, 1.807) is 6.20 Å². The number of hydrogen-bond donors (Lipinski definition) is 1. The van der Waals surface area contributed by atoms with Gasteiger partial charge in [0.25, 0.3) is 0 Å². The molecule has 0 radical (unpaired) electrons. The van der Waals surface area contributed by atoms with Crippen LogP contribution in [0.25, 0.3) is 0 Å². The molecule has 2 heterocycles. The molecule has 1 saturated heterocycles. The van der Waals surface area contributed by atoms with Crippen molar-refractivity contribution in [3.8, 4) is 0 Å². The van der Waals surface area contributed by atoms with Crippen LogP contribution in [-0.4, -0.2) is 36.7 Å². The van der Waals surface area contributed by atoms with Crippen LogP contribution in [0, 0.1) is 5.92 Å². The van der Waals surface area contributed by atoms with Crippen LogP contribution in [0.15, 0.2) is 18.3 Å². The van der Waals surface area contributed by atoms with Crippen molar-refractivity contribution in [1.82, 2.24) is 9.88 Å². The van der Waals surface area contributed by atoms with E-state index in [0.29, 0.717) is 0 Å². The number of nitrogens with zero attached hydrogens (tertiary/aromatic N) is 2. The summed E-state index contributed by atoms with van der Waals surface area (Å²) in [5.41, 5.74) is 7.42. The van der Waals surface area contributed by atoms with Gasteiger partial charge in [-0.3, -0.25) is 4.98 Å². The molecule has 94 valence electrons. The third kappa shape index (κ3) is 3.98. The van der Waals surface area contributed by atoms with Crippen LogP contribution >= 0.6 is 0 Å². The van der Waals surface area contributed by atoms with Crippen LogP contribution in [0.3, 0.4) is 0 Å². The van der Waals surface area contributed by atoms with E-state index in [9.17, 15) is 0 Å². The Balaban J connectivity index is 1.79. The zero-order valence-corrected chi connectivity index (χ0v) is 10.4. The molecule has 0 amide bonds. The summed E-state index contributed by atoms with van der Waals surface area (Å²) >= 11 is 0. The predicted octanol–water partition coefficient (Wildman–Crippen LogP) is 1.52. The van der Waals surface area contributed by atoms with Crippen molar-refractivity contribution in [3.05, 3.63) is 24.0 Å². The van der Waals surface area contributed by atoms with E-state index in [1.165, 1.54) is 12.8 Å². The lowest BCUT2D eigenvalue weighted by molar-refractivity contribution is 0.0548. The van der Waals surface area contributed by atoms with Gasteiger partial charge in [0.1, 0.15) is 0 Å². The number of ether oxygens (including phenoxy) is 1. The summed E-state index contributed by atoms with van der Waals surface area (Å²) in [4.78, 5) is 6.65. The second kappa shape index (κ2) is 5.98. The largest absolute Gasteiger partial charge is 0.397 e. The van der Waals surface area contributed by atoms with Crippen LogP contribution in [0.1, 0.15) is 18.5 Å². The first kappa shape index (κ1) is 12.3. The molecule has 0 aromatic carbocycles. The maximum absolute atomic E-state index is 5.62. The Bertz CT molecular complexity index is 333. The highest BCUT2D eigenvalue weighted by Gasteiger charge is 2.15. The van der Waals surface area contributed by atoms with E-state index in [1.807, 2.05) is 12.1 Å². The lowest BCUT2D eigenvalue weighted by atomic mass is 10.00. The van der Waals surface area contributed by atoms with Crippen LogP contribution < -0.4 is 5.73 Å². The Hall–Kier alpha value is -1.13. The molecule has 0 bridgehead atoms. The van der Waals surface area contributed by atoms with Crippen molar-refractivity contribution in [2.45, 2.75) is 19.4 Å². The smallest absolute Gasteiger partial charge is 0.0545 e. The molecule has 1 aliphatic rings. The number of pyridine rings is 1. The first-order chi connectivity index (χ1) is 8.24. The van der Waals surface area contributed by atoms with Gasteiger partial charge in [-0.1, -0.05) is 0 Å². The van der Waals surface area contributed by atoms with E-state index < -0.39 is 0 Å². The van der Waals surface area contributed by atoms with E-state index in [2.05, 4.69) is 16.9 Å².